The second-order valence-electron chi connectivity index (χ2n) is 4.75. The van der Waals surface area contributed by atoms with Crippen LogP contribution in [0.5, 0.6) is 0 Å². The van der Waals surface area contributed by atoms with Crippen LogP contribution < -0.4 is 5.32 Å². The Morgan fingerprint density at radius 2 is 1.87 bits per heavy atom. The number of fused-ring (bicyclic) bond motifs is 1. The molecule has 1 N–H and O–H groups in total. The zero-order valence-electron chi connectivity index (χ0n) is 9.20. The van der Waals surface area contributed by atoms with Gasteiger partial charge in [-0.25, -0.2) is 8.78 Å². The van der Waals surface area contributed by atoms with Crippen molar-refractivity contribution in [2.45, 2.75) is 31.7 Å². The normalized spacial score (nSPS) is 22.9. The second kappa shape index (κ2) is 3.27. The summed E-state index contributed by atoms with van der Waals surface area (Å²) < 4.78 is 27.3. The molecule has 0 amide bonds. The van der Waals surface area contributed by atoms with Gasteiger partial charge in [-0.05, 0) is 31.0 Å². The third kappa shape index (κ3) is 1.46. The second-order valence-corrected chi connectivity index (χ2v) is 4.75. The molecule has 1 unspecified atom stereocenters. The van der Waals surface area contributed by atoms with Crippen molar-refractivity contribution >= 4 is 0 Å². The van der Waals surface area contributed by atoms with Crippen molar-refractivity contribution < 1.29 is 8.78 Å². The lowest BCUT2D eigenvalue weighted by Crippen LogP contribution is -2.17. The Bertz CT molecular complexity index is 399. The molecule has 1 aliphatic carbocycles. The first-order chi connectivity index (χ1) is 6.97. The third-order valence-corrected chi connectivity index (χ3v) is 3.23. The first-order valence-corrected chi connectivity index (χ1v) is 5.13. The summed E-state index contributed by atoms with van der Waals surface area (Å²) in [5, 5.41) is 3.04. The number of benzene rings is 1. The zero-order valence-corrected chi connectivity index (χ0v) is 9.20. The molecule has 3 heteroatoms. The minimum absolute atomic E-state index is 0.0781. The smallest absolute Gasteiger partial charge is 0.128 e. The molecule has 2 rings (SSSR count). The maximum Gasteiger partial charge on any atom is 0.128 e. The molecule has 0 fully saturated rings. The van der Waals surface area contributed by atoms with Crippen molar-refractivity contribution in [1.29, 1.82) is 0 Å². The molecule has 0 heterocycles. The van der Waals surface area contributed by atoms with E-state index in [-0.39, 0.29) is 23.1 Å². The van der Waals surface area contributed by atoms with E-state index in [4.69, 9.17) is 0 Å². The average Bonchev–Trinajstić information content (AvgIpc) is 2.45. The Morgan fingerprint density at radius 1 is 1.27 bits per heavy atom. The van der Waals surface area contributed by atoms with Gasteiger partial charge in [0.2, 0.25) is 0 Å². The largest absolute Gasteiger partial charge is 0.313 e. The fraction of sp³-hybridized carbons (Fsp3) is 0.500. The van der Waals surface area contributed by atoms with Gasteiger partial charge in [0.1, 0.15) is 11.6 Å². The maximum absolute atomic E-state index is 13.7. The zero-order chi connectivity index (χ0) is 11.2. The van der Waals surface area contributed by atoms with Crippen LogP contribution >= 0.6 is 0 Å². The van der Waals surface area contributed by atoms with Crippen LogP contribution in [0.3, 0.4) is 0 Å². The van der Waals surface area contributed by atoms with Gasteiger partial charge in [0.15, 0.2) is 0 Å². The molecule has 82 valence electrons. The Balaban J connectivity index is 2.68. The van der Waals surface area contributed by atoms with Crippen LogP contribution in [0.25, 0.3) is 0 Å². The maximum atomic E-state index is 13.7. The van der Waals surface area contributed by atoms with Crippen LogP contribution in [0.1, 0.15) is 37.4 Å². The first-order valence-electron chi connectivity index (χ1n) is 5.13. The van der Waals surface area contributed by atoms with E-state index in [1.807, 2.05) is 13.8 Å². The number of halogens is 2. The van der Waals surface area contributed by atoms with Crippen molar-refractivity contribution in [3.05, 3.63) is 34.9 Å². The van der Waals surface area contributed by atoms with Gasteiger partial charge >= 0.3 is 0 Å². The molecule has 0 bridgehead atoms. The van der Waals surface area contributed by atoms with Gasteiger partial charge in [-0.2, -0.15) is 0 Å². The lowest BCUT2D eigenvalue weighted by molar-refractivity contribution is 0.433. The summed E-state index contributed by atoms with van der Waals surface area (Å²) in [6, 6.07) is 2.35. The van der Waals surface area contributed by atoms with Gasteiger partial charge in [0.25, 0.3) is 0 Å². The van der Waals surface area contributed by atoms with Crippen molar-refractivity contribution in [3.8, 4) is 0 Å². The van der Waals surface area contributed by atoms with Crippen molar-refractivity contribution in [2.75, 3.05) is 7.05 Å². The van der Waals surface area contributed by atoms with E-state index >= 15 is 0 Å². The summed E-state index contributed by atoms with van der Waals surface area (Å²) in [6.45, 7) is 3.90. The highest BCUT2D eigenvalue weighted by Crippen LogP contribution is 2.46. The van der Waals surface area contributed by atoms with Crippen LogP contribution in [-0.4, -0.2) is 7.05 Å². The lowest BCUT2D eigenvalue weighted by Gasteiger charge is -2.19. The predicted molar refractivity (Wildman–Crippen MR) is 55.8 cm³/mol. The van der Waals surface area contributed by atoms with E-state index in [0.29, 0.717) is 11.1 Å². The van der Waals surface area contributed by atoms with Gasteiger partial charge in [-0.1, -0.05) is 13.8 Å². The Hall–Kier alpha value is -0.960. The molecule has 0 aromatic heterocycles. The standard InChI is InChI=1S/C12H15F2N/c1-12(2)6-9(15-3)10-7(13)4-5-8(14)11(10)12/h4-5,9,15H,6H2,1-3H3. The van der Waals surface area contributed by atoms with Gasteiger partial charge in [0, 0.05) is 17.2 Å². The van der Waals surface area contributed by atoms with E-state index < -0.39 is 0 Å². The number of nitrogens with one attached hydrogen (secondary N) is 1. The quantitative estimate of drug-likeness (QED) is 0.753. The van der Waals surface area contributed by atoms with Gasteiger partial charge in [0.05, 0.1) is 0 Å². The highest BCUT2D eigenvalue weighted by Gasteiger charge is 2.40. The Kier molecular flexibility index (Phi) is 2.30. The molecule has 0 radical (unpaired) electrons. The molecule has 1 aliphatic rings. The molecule has 0 saturated carbocycles. The fourth-order valence-corrected chi connectivity index (χ4v) is 2.56. The number of hydrogen-bond donors (Lipinski definition) is 1. The van der Waals surface area contributed by atoms with E-state index in [1.165, 1.54) is 12.1 Å². The Morgan fingerprint density at radius 3 is 2.47 bits per heavy atom. The average molecular weight is 211 g/mol. The van der Waals surface area contributed by atoms with Crippen molar-refractivity contribution in [3.63, 3.8) is 0 Å². The SMILES string of the molecule is CNC1CC(C)(C)c2c(F)ccc(F)c21. The van der Waals surface area contributed by atoms with E-state index in [9.17, 15) is 8.78 Å². The van der Waals surface area contributed by atoms with Gasteiger partial charge in [-0.3, -0.25) is 0 Å². The molecular weight excluding hydrogens is 196 g/mol. The summed E-state index contributed by atoms with van der Waals surface area (Å²) >= 11 is 0. The minimum Gasteiger partial charge on any atom is -0.313 e. The van der Waals surface area contributed by atoms with E-state index in [0.717, 1.165) is 6.42 Å². The Labute approximate surface area is 88.5 Å². The highest BCUT2D eigenvalue weighted by molar-refractivity contribution is 5.43. The van der Waals surface area contributed by atoms with Crippen LogP contribution in [-0.2, 0) is 5.41 Å². The molecule has 1 aromatic carbocycles. The molecule has 0 spiro atoms. The highest BCUT2D eigenvalue weighted by atomic mass is 19.1. The van der Waals surface area contributed by atoms with Gasteiger partial charge < -0.3 is 5.32 Å². The fourth-order valence-electron chi connectivity index (χ4n) is 2.56. The lowest BCUT2D eigenvalue weighted by atomic mass is 9.86. The monoisotopic (exact) mass is 211 g/mol. The van der Waals surface area contributed by atoms with Gasteiger partial charge in [-0.15, -0.1) is 0 Å². The molecular formula is C12H15F2N. The van der Waals surface area contributed by atoms with Crippen LogP contribution in [0.2, 0.25) is 0 Å². The summed E-state index contributed by atoms with van der Waals surface area (Å²) in [4.78, 5) is 0. The summed E-state index contributed by atoms with van der Waals surface area (Å²) in [5.74, 6) is -0.606. The van der Waals surface area contributed by atoms with Crippen LogP contribution in [0.4, 0.5) is 8.78 Å². The number of rotatable bonds is 1. The summed E-state index contributed by atoms with van der Waals surface area (Å²) in [5.41, 5.74) is 0.735. The molecule has 1 atom stereocenters. The van der Waals surface area contributed by atoms with Crippen molar-refractivity contribution in [1.82, 2.24) is 5.32 Å². The molecule has 1 aromatic rings. The summed E-state index contributed by atoms with van der Waals surface area (Å²) in [7, 11) is 1.78. The molecule has 15 heavy (non-hydrogen) atoms. The van der Waals surface area contributed by atoms with Crippen molar-refractivity contribution in [2.24, 2.45) is 0 Å². The van der Waals surface area contributed by atoms with Crippen LogP contribution in [0, 0.1) is 11.6 Å². The topological polar surface area (TPSA) is 12.0 Å². The van der Waals surface area contributed by atoms with Crippen LogP contribution in [0.15, 0.2) is 12.1 Å². The predicted octanol–water partition coefficient (Wildman–Crippen LogP) is 2.91. The molecule has 1 nitrogen and oxygen atoms in total. The number of hydrogen-bond acceptors (Lipinski definition) is 1. The third-order valence-electron chi connectivity index (χ3n) is 3.23. The summed E-state index contributed by atoms with van der Waals surface area (Å²) in [6.07, 6.45) is 0.733. The van der Waals surface area contributed by atoms with E-state index in [1.54, 1.807) is 7.05 Å². The van der Waals surface area contributed by atoms with E-state index in [2.05, 4.69) is 5.32 Å². The minimum atomic E-state index is -0.309. The molecule has 0 aliphatic heterocycles. The molecule has 0 saturated heterocycles. The first kappa shape index (κ1) is 10.6.